The average Bonchev–Trinajstić information content (AvgIpc) is 2.52. The summed E-state index contributed by atoms with van der Waals surface area (Å²) < 4.78 is 0. The molecule has 0 atom stereocenters. The summed E-state index contributed by atoms with van der Waals surface area (Å²) in [5.74, 6) is -7.43. The first kappa shape index (κ1) is 33.0. The van der Waals surface area contributed by atoms with E-state index in [0.29, 0.717) is 0 Å². The van der Waals surface area contributed by atoms with Gasteiger partial charge in [-0.1, -0.05) is 36.4 Å². The maximum absolute atomic E-state index is 11.3. The number of hydrogen-bond donors (Lipinski definition) is 0. The van der Waals surface area contributed by atoms with E-state index in [2.05, 4.69) is 0 Å². The van der Waals surface area contributed by atoms with Crippen molar-refractivity contribution >= 4 is 23.9 Å². The average molecular weight is 418 g/mol. The number of benzene rings is 2. The molecule has 0 saturated carbocycles. The van der Waals surface area contributed by atoms with Gasteiger partial charge in [0.1, 0.15) is 0 Å². The van der Waals surface area contributed by atoms with Crippen LogP contribution in [0.4, 0.5) is 0 Å². The third kappa shape index (κ3) is 7.23. The largest absolute Gasteiger partial charge is 1.00 e. The number of carbonyl (C=O) groups is 4. The topological polar surface area (TPSA) is 161 Å². The van der Waals surface area contributed by atoms with E-state index >= 15 is 0 Å². The molecule has 2 aromatic carbocycles. The zero-order valence-corrected chi connectivity index (χ0v) is 23.7. The molecular formula is C16H6Na4O8. The Bertz CT molecular complexity index is 825. The van der Waals surface area contributed by atoms with Gasteiger partial charge < -0.3 is 39.6 Å². The molecule has 0 unspecified atom stereocenters. The van der Waals surface area contributed by atoms with Crippen LogP contribution in [0.15, 0.2) is 36.4 Å². The first-order chi connectivity index (χ1) is 11.3. The van der Waals surface area contributed by atoms with Crippen LogP contribution in [0.25, 0.3) is 11.1 Å². The molecule has 0 radical (unpaired) electrons. The van der Waals surface area contributed by atoms with Crippen LogP contribution in [0.5, 0.6) is 0 Å². The fourth-order valence-corrected chi connectivity index (χ4v) is 2.33. The Hall–Kier alpha value is 0.320. The predicted molar refractivity (Wildman–Crippen MR) is 69.2 cm³/mol. The minimum atomic E-state index is -1.90. The van der Waals surface area contributed by atoms with Crippen LogP contribution in [-0.2, 0) is 0 Å². The minimum absolute atomic E-state index is 0. The van der Waals surface area contributed by atoms with Gasteiger partial charge in [-0.25, -0.2) is 0 Å². The summed E-state index contributed by atoms with van der Waals surface area (Å²) in [5, 5.41) is 44.8. The molecule has 8 nitrogen and oxygen atoms in total. The molecule has 0 N–H and O–H groups in total. The number of carboxylic acids is 4. The Morgan fingerprint density at radius 1 is 0.500 bits per heavy atom. The SMILES string of the molecule is O=C([O-])c1cccc(-c2cccc(C(=O)[O-])c2C(=O)[O-])c1C(=O)[O-].[Na+].[Na+].[Na+].[Na+]. The molecule has 0 amide bonds. The van der Waals surface area contributed by atoms with E-state index in [1.807, 2.05) is 0 Å². The van der Waals surface area contributed by atoms with Crippen molar-refractivity contribution in [3.8, 4) is 11.1 Å². The van der Waals surface area contributed by atoms with E-state index in [9.17, 15) is 39.6 Å². The Kier molecular flexibility index (Phi) is 16.9. The van der Waals surface area contributed by atoms with Gasteiger partial charge in [0.05, 0.1) is 23.9 Å². The smallest absolute Gasteiger partial charge is 0.545 e. The van der Waals surface area contributed by atoms with Crippen LogP contribution in [0.1, 0.15) is 41.4 Å². The maximum Gasteiger partial charge on any atom is 1.00 e. The van der Waals surface area contributed by atoms with Crippen molar-refractivity contribution in [1.29, 1.82) is 0 Å². The van der Waals surface area contributed by atoms with Crippen LogP contribution in [0.2, 0.25) is 0 Å². The van der Waals surface area contributed by atoms with Crippen molar-refractivity contribution in [2.45, 2.75) is 0 Å². The van der Waals surface area contributed by atoms with E-state index in [1.54, 1.807) is 0 Å². The van der Waals surface area contributed by atoms with E-state index in [0.717, 1.165) is 36.4 Å². The van der Waals surface area contributed by atoms with Gasteiger partial charge in [-0.05, 0) is 11.1 Å². The van der Waals surface area contributed by atoms with Gasteiger partial charge in [0, 0.05) is 22.3 Å². The van der Waals surface area contributed by atoms with Crippen LogP contribution in [0.3, 0.4) is 0 Å². The van der Waals surface area contributed by atoms with Gasteiger partial charge in [0.2, 0.25) is 0 Å². The third-order valence-electron chi connectivity index (χ3n) is 3.27. The number of hydrogen-bond acceptors (Lipinski definition) is 8. The number of rotatable bonds is 5. The van der Waals surface area contributed by atoms with Crippen LogP contribution < -0.4 is 139 Å². The predicted octanol–water partition coefficient (Wildman–Crippen LogP) is -15.2. The second kappa shape index (κ2) is 14.3. The number of carboxylic acid groups (broad SMARTS) is 4. The van der Waals surface area contributed by atoms with Crippen molar-refractivity contribution in [2.24, 2.45) is 0 Å². The third-order valence-corrected chi connectivity index (χ3v) is 3.27. The van der Waals surface area contributed by atoms with Crippen molar-refractivity contribution in [1.82, 2.24) is 0 Å². The summed E-state index contributed by atoms with van der Waals surface area (Å²) in [5.41, 5.74) is -3.88. The molecule has 2 aromatic rings. The molecule has 0 heterocycles. The second-order valence-corrected chi connectivity index (χ2v) is 4.61. The fourth-order valence-electron chi connectivity index (χ4n) is 2.33. The zero-order valence-electron chi connectivity index (χ0n) is 15.7. The molecule has 0 aliphatic heterocycles. The Balaban J connectivity index is -0.00000156. The molecule has 0 spiro atoms. The van der Waals surface area contributed by atoms with Crippen molar-refractivity contribution in [3.63, 3.8) is 0 Å². The van der Waals surface area contributed by atoms with E-state index in [1.165, 1.54) is 0 Å². The molecule has 0 aliphatic rings. The fraction of sp³-hybridized carbons (Fsp3) is 0. The summed E-state index contributed by atoms with van der Waals surface area (Å²) in [6.07, 6.45) is 0. The van der Waals surface area contributed by atoms with E-state index in [4.69, 9.17) is 0 Å². The first-order valence-electron chi connectivity index (χ1n) is 6.37. The summed E-state index contributed by atoms with van der Waals surface area (Å²) >= 11 is 0. The monoisotopic (exact) mass is 418 g/mol. The van der Waals surface area contributed by atoms with Gasteiger partial charge in [-0.15, -0.1) is 0 Å². The van der Waals surface area contributed by atoms with Crippen LogP contribution in [-0.4, -0.2) is 23.9 Å². The van der Waals surface area contributed by atoms with Gasteiger partial charge in [0.15, 0.2) is 0 Å². The van der Waals surface area contributed by atoms with Crippen molar-refractivity contribution in [2.75, 3.05) is 0 Å². The molecule has 2 rings (SSSR count). The van der Waals surface area contributed by atoms with Gasteiger partial charge in [-0.2, -0.15) is 0 Å². The summed E-state index contributed by atoms with van der Waals surface area (Å²) in [6.45, 7) is 0. The molecular weight excluding hydrogens is 412 g/mol. The molecule has 122 valence electrons. The summed E-state index contributed by atoms with van der Waals surface area (Å²) in [4.78, 5) is 44.8. The van der Waals surface area contributed by atoms with Crippen molar-refractivity contribution in [3.05, 3.63) is 58.7 Å². The van der Waals surface area contributed by atoms with E-state index < -0.39 is 46.1 Å². The molecule has 0 aromatic heterocycles. The number of aromatic carboxylic acids is 4. The minimum Gasteiger partial charge on any atom is -0.545 e. The molecule has 0 aliphatic carbocycles. The van der Waals surface area contributed by atoms with E-state index in [-0.39, 0.29) is 129 Å². The Morgan fingerprint density at radius 2 is 0.786 bits per heavy atom. The molecule has 0 fully saturated rings. The summed E-state index contributed by atoms with van der Waals surface area (Å²) in [7, 11) is 0. The first-order valence-corrected chi connectivity index (χ1v) is 6.37. The molecule has 28 heavy (non-hydrogen) atoms. The van der Waals surface area contributed by atoms with Gasteiger partial charge in [-0.3, -0.25) is 0 Å². The maximum atomic E-state index is 11.3. The van der Waals surface area contributed by atoms with Crippen LogP contribution >= 0.6 is 0 Å². The molecule has 0 saturated heterocycles. The second-order valence-electron chi connectivity index (χ2n) is 4.61. The Labute approximate surface area is 247 Å². The molecule has 0 bridgehead atoms. The number of carbonyl (C=O) groups excluding carboxylic acids is 4. The van der Waals surface area contributed by atoms with Crippen molar-refractivity contribution < 1.29 is 158 Å². The summed E-state index contributed by atoms with van der Waals surface area (Å²) in [6, 6.07) is 6.39. The van der Waals surface area contributed by atoms with Gasteiger partial charge in [0.25, 0.3) is 0 Å². The van der Waals surface area contributed by atoms with Crippen LogP contribution in [0, 0.1) is 0 Å². The molecule has 12 heteroatoms. The van der Waals surface area contributed by atoms with Gasteiger partial charge >= 0.3 is 118 Å². The standard InChI is InChI=1S/C16H10O8.4Na/c17-13(18)9-5-1-3-7(11(9)15(21)22)8-4-2-6-10(14(19)20)12(8)16(23)24;;;;/h1-6H,(H,17,18)(H,19,20)(H,21,22)(H,23,24);;;;/q;4*+1/p-4. The quantitative estimate of drug-likeness (QED) is 0.433. The zero-order chi connectivity index (χ0) is 18.0. The Morgan fingerprint density at radius 3 is 1.00 bits per heavy atom. The normalized spacial score (nSPS) is 8.71.